The molecule has 1 aromatic heterocycles. The molecule has 38 heavy (non-hydrogen) atoms. The molecule has 6 nitrogen and oxygen atoms in total. The normalized spacial score (nSPS) is 14.8. The standard InChI is InChI=1S/C27H25F5N4O2/c1-16-22(15-33-38-20-6-3-5-19(13-20)27(30,31)32)26(35-17(2)34-16)18-9-11-36(12-10-18)25(37)14-21-23(28)7-4-8-24(21)29/h3-8,13,15,18H,9-12,14H2,1-2H3/b33-15+. The lowest BCUT2D eigenvalue weighted by Gasteiger charge is -2.32. The van der Waals surface area contributed by atoms with E-state index in [1.165, 1.54) is 24.4 Å². The number of aromatic nitrogens is 2. The van der Waals surface area contributed by atoms with E-state index in [4.69, 9.17) is 4.84 Å². The van der Waals surface area contributed by atoms with E-state index >= 15 is 0 Å². The lowest BCUT2D eigenvalue weighted by molar-refractivity contribution is -0.137. The number of benzene rings is 2. The van der Waals surface area contributed by atoms with Gasteiger partial charge in [0.15, 0.2) is 5.75 Å². The van der Waals surface area contributed by atoms with Crippen LogP contribution in [0.4, 0.5) is 22.0 Å². The van der Waals surface area contributed by atoms with Gasteiger partial charge in [-0.25, -0.2) is 18.7 Å². The molecule has 1 fully saturated rings. The fourth-order valence-electron chi connectivity index (χ4n) is 4.45. The Hall–Kier alpha value is -3.89. The van der Waals surface area contributed by atoms with Crippen LogP contribution in [0.2, 0.25) is 0 Å². The zero-order valence-corrected chi connectivity index (χ0v) is 20.7. The first-order valence-corrected chi connectivity index (χ1v) is 12.0. The van der Waals surface area contributed by atoms with Crippen molar-refractivity contribution in [2.75, 3.05) is 13.1 Å². The third-order valence-electron chi connectivity index (χ3n) is 6.40. The van der Waals surface area contributed by atoms with E-state index in [9.17, 15) is 26.7 Å². The molecule has 0 N–H and O–H groups in total. The SMILES string of the molecule is Cc1nc(C)c(/C=N/Oc2cccc(C(F)(F)F)c2)c(C2CCN(C(=O)Cc3c(F)cccc3F)CC2)n1. The van der Waals surface area contributed by atoms with Crippen LogP contribution in [-0.4, -0.2) is 40.1 Å². The van der Waals surface area contributed by atoms with Crippen LogP contribution in [0.3, 0.4) is 0 Å². The molecule has 1 saturated heterocycles. The van der Waals surface area contributed by atoms with Gasteiger partial charge in [-0.3, -0.25) is 4.79 Å². The second-order valence-electron chi connectivity index (χ2n) is 9.04. The summed E-state index contributed by atoms with van der Waals surface area (Å²) >= 11 is 0. The van der Waals surface area contributed by atoms with Gasteiger partial charge in [0.25, 0.3) is 0 Å². The van der Waals surface area contributed by atoms with E-state index in [0.29, 0.717) is 48.7 Å². The van der Waals surface area contributed by atoms with Crippen molar-refractivity contribution in [3.05, 3.63) is 88.0 Å². The first-order chi connectivity index (χ1) is 18.0. The number of hydrogen-bond acceptors (Lipinski definition) is 5. The Morgan fingerprint density at radius 3 is 2.39 bits per heavy atom. The Morgan fingerprint density at radius 1 is 1.08 bits per heavy atom. The fourth-order valence-corrected chi connectivity index (χ4v) is 4.45. The molecule has 0 unspecified atom stereocenters. The molecule has 0 saturated carbocycles. The quantitative estimate of drug-likeness (QED) is 0.230. The van der Waals surface area contributed by atoms with Crippen molar-refractivity contribution in [3.63, 3.8) is 0 Å². The van der Waals surface area contributed by atoms with Crippen molar-refractivity contribution in [1.82, 2.24) is 14.9 Å². The van der Waals surface area contributed by atoms with Crippen LogP contribution in [0.5, 0.6) is 5.75 Å². The summed E-state index contributed by atoms with van der Waals surface area (Å²) in [5.41, 5.74) is 0.803. The number of likely N-dealkylation sites (tertiary alicyclic amines) is 1. The monoisotopic (exact) mass is 532 g/mol. The molecular formula is C27H25F5N4O2. The number of nitrogens with zero attached hydrogens (tertiary/aromatic N) is 4. The highest BCUT2D eigenvalue weighted by atomic mass is 19.4. The number of alkyl halides is 3. The van der Waals surface area contributed by atoms with Gasteiger partial charge in [-0.1, -0.05) is 17.3 Å². The zero-order valence-electron chi connectivity index (χ0n) is 20.7. The number of piperidine rings is 1. The van der Waals surface area contributed by atoms with Crippen molar-refractivity contribution < 1.29 is 31.6 Å². The molecule has 2 heterocycles. The minimum atomic E-state index is -4.50. The summed E-state index contributed by atoms with van der Waals surface area (Å²) in [6.45, 7) is 4.27. The summed E-state index contributed by atoms with van der Waals surface area (Å²) in [6.07, 6.45) is -2.38. The van der Waals surface area contributed by atoms with Crippen LogP contribution in [-0.2, 0) is 17.4 Å². The summed E-state index contributed by atoms with van der Waals surface area (Å²) < 4.78 is 66.8. The molecule has 2 aromatic carbocycles. The average Bonchev–Trinajstić information content (AvgIpc) is 2.87. The van der Waals surface area contributed by atoms with Crippen molar-refractivity contribution >= 4 is 12.1 Å². The predicted octanol–water partition coefficient (Wildman–Crippen LogP) is 5.75. The number of carbonyl (C=O) groups is 1. The van der Waals surface area contributed by atoms with E-state index in [0.717, 1.165) is 24.3 Å². The van der Waals surface area contributed by atoms with Gasteiger partial charge in [-0.15, -0.1) is 0 Å². The molecule has 11 heteroatoms. The van der Waals surface area contributed by atoms with Gasteiger partial charge >= 0.3 is 6.18 Å². The molecule has 0 spiro atoms. The maximum absolute atomic E-state index is 14.0. The zero-order chi connectivity index (χ0) is 27.4. The van der Waals surface area contributed by atoms with Crippen LogP contribution in [0.1, 0.15) is 52.7 Å². The van der Waals surface area contributed by atoms with Crippen LogP contribution in [0.25, 0.3) is 0 Å². The first kappa shape index (κ1) is 27.2. The molecular weight excluding hydrogens is 507 g/mol. The third kappa shape index (κ3) is 6.32. The lowest BCUT2D eigenvalue weighted by atomic mass is 9.90. The van der Waals surface area contributed by atoms with E-state index in [2.05, 4.69) is 15.1 Å². The first-order valence-electron chi connectivity index (χ1n) is 12.0. The molecule has 0 atom stereocenters. The molecule has 200 valence electrons. The van der Waals surface area contributed by atoms with Gasteiger partial charge in [0.1, 0.15) is 17.5 Å². The number of carbonyl (C=O) groups excluding carboxylic acids is 1. The topological polar surface area (TPSA) is 67.7 Å². The lowest BCUT2D eigenvalue weighted by Crippen LogP contribution is -2.39. The van der Waals surface area contributed by atoms with Crippen molar-refractivity contribution in [1.29, 1.82) is 0 Å². The largest absolute Gasteiger partial charge is 0.416 e. The highest BCUT2D eigenvalue weighted by Gasteiger charge is 2.31. The maximum atomic E-state index is 14.0. The molecule has 0 bridgehead atoms. The van der Waals surface area contributed by atoms with Crippen LogP contribution in [0.15, 0.2) is 47.6 Å². The third-order valence-corrected chi connectivity index (χ3v) is 6.40. The van der Waals surface area contributed by atoms with Gasteiger partial charge in [-0.05, 0) is 57.0 Å². The number of halogens is 5. The second kappa shape index (κ2) is 11.2. The highest BCUT2D eigenvalue weighted by Crippen LogP contribution is 2.32. The van der Waals surface area contributed by atoms with Crippen molar-refractivity contribution in [2.24, 2.45) is 5.16 Å². The van der Waals surface area contributed by atoms with Crippen molar-refractivity contribution in [2.45, 2.75) is 45.2 Å². The molecule has 4 rings (SSSR count). The number of aryl methyl sites for hydroxylation is 2. The summed E-state index contributed by atoms with van der Waals surface area (Å²) in [7, 11) is 0. The molecule has 1 aliphatic heterocycles. The molecule has 1 amide bonds. The van der Waals surface area contributed by atoms with E-state index in [1.54, 1.807) is 18.7 Å². The van der Waals surface area contributed by atoms with Crippen LogP contribution < -0.4 is 4.84 Å². The minimum absolute atomic E-state index is 0.0559. The highest BCUT2D eigenvalue weighted by molar-refractivity contribution is 5.82. The van der Waals surface area contributed by atoms with Gasteiger partial charge in [0.2, 0.25) is 5.91 Å². The predicted molar refractivity (Wildman–Crippen MR) is 130 cm³/mol. The Kier molecular flexibility index (Phi) is 8.03. The molecule has 1 aliphatic rings. The summed E-state index contributed by atoms with van der Waals surface area (Å²) in [5.74, 6) is -1.45. The Morgan fingerprint density at radius 2 is 1.74 bits per heavy atom. The number of rotatable bonds is 6. The van der Waals surface area contributed by atoms with Gasteiger partial charge < -0.3 is 9.74 Å². The summed E-state index contributed by atoms with van der Waals surface area (Å²) in [6, 6.07) is 7.89. The molecule has 0 radical (unpaired) electrons. The van der Waals surface area contributed by atoms with Crippen LogP contribution >= 0.6 is 0 Å². The van der Waals surface area contributed by atoms with Gasteiger partial charge in [0, 0.05) is 30.1 Å². The fraction of sp³-hybridized carbons (Fsp3) is 0.333. The van der Waals surface area contributed by atoms with Gasteiger partial charge in [-0.2, -0.15) is 13.2 Å². The van der Waals surface area contributed by atoms with Gasteiger partial charge in [0.05, 0.1) is 29.6 Å². The maximum Gasteiger partial charge on any atom is 0.416 e. The van der Waals surface area contributed by atoms with Crippen LogP contribution in [0, 0.1) is 25.5 Å². The minimum Gasteiger partial charge on any atom is -0.357 e. The number of oxime groups is 1. The smallest absolute Gasteiger partial charge is 0.357 e. The van der Waals surface area contributed by atoms with E-state index in [-0.39, 0.29) is 29.6 Å². The Labute approximate surface area is 216 Å². The number of hydrogen-bond donors (Lipinski definition) is 0. The summed E-state index contributed by atoms with van der Waals surface area (Å²) in [4.78, 5) is 28.4. The Bertz CT molecular complexity index is 1330. The van der Waals surface area contributed by atoms with Crippen molar-refractivity contribution in [3.8, 4) is 5.75 Å². The average molecular weight is 533 g/mol. The number of amides is 1. The second-order valence-corrected chi connectivity index (χ2v) is 9.04. The van der Waals surface area contributed by atoms with E-state index < -0.39 is 23.4 Å². The molecule has 3 aromatic rings. The Balaban J connectivity index is 1.46. The van der Waals surface area contributed by atoms with E-state index in [1.807, 2.05) is 0 Å². The molecule has 0 aliphatic carbocycles. The summed E-state index contributed by atoms with van der Waals surface area (Å²) in [5, 5.41) is 3.88.